The number of hydrogen-bond donors (Lipinski definition) is 0. The maximum Gasteiger partial charge on any atom is 0.128 e. The highest BCUT2D eigenvalue weighted by Crippen LogP contribution is 2.22. The molecule has 3 aromatic rings. The molecule has 0 N–H and O–H groups in total. The van der Waals surface area contributed by atoms with Crippen LogP contribution in [-0.4, -0.2) is 9.97 Å². The van der Waals surface area contributed by atoms with Gasteiger partial charge in [0.25, 0.3) is 0 Å². The first-order chi connectivity index (χ1) is 11.1. The van der Waals surface area contributed by atoms with Gasteiger partial charge < -0.3 is 0 Å². The van der Waals surface area contributed by atoms with Crippen LogP contribution in [0.1, 0.15) is 22.5 Å². The SMILES string of the molecule is Cc1cnc(CCc2ccc(-c3ccc(C)c(F)c3)cc2)nc1. The van der Waals surface area contributed by atoms with Crippen molar-refractivity contribution in [3.8, 4) is 11.1 Å². The fourth-order valence-corrected chi connectivity index (χ4v) is 2.44. The Morgan fingerprint density at radius 1 is 0.826 bits per heavy atom. The lowest BCUT2D eigenvalue weighted by Crippen LogP contribution is -1.98. The van der Waals surface area contributed by atoms with E-state index in [-0.39, 0.29) is 5.82 Å². The van der Waals surface area contributed by atoms with E-state index in [0.29, 0.717) is 5.56 Å². The standard InChI is InChI=1S/C20H19FN2/c1-14-12-22-20(23-13-14)10-6-16-4-8-17(9-5-16)18-7-3-15(2)19(21)11-18/h3-5,7-9,11-13H,6,10H2,1-2H3. The lowest BCUT2D eigenvalue weighted by Gasteiger charge is -2.06. The molecule has 0 aliphatic heterocycles. The van der Waals surface area contributed by atoms with E-state index in [4.69, 9.17) is 0 Å². The van der Waals surface area contributed by atoms with Gasteiger partial charge in [0, 0.05) is 18.8 Å². The van der Waals surface area contributed by atoms with Crippen LogP contribution in [0.3, 0.4) is 0 Å². The van der Waals surface area contributed by atoms with E-state index in [1.54, 1.807) is 13.0 Å². The molecule has 0 aliphatic carbocycles. The lowest BCUT2D eigenvalue weighted by molar-refractivity contribution is 0.619. The monoisotopic (exact) mass is 306 g/mol. The molecule has 0 aliphatic rings. The quantitative estimate of drug-likeness (QED) is 0.699. The van der Waals surface area contributed by atoms with Crippen molar-refractivity contribution < 1.29 is 4.39 Å². The molecule has 0 spiro atoms. The van der Waals surface area contributed by atoms with Crippen molar-refractivity contribution >= 4 is 0 Å². The zero-order valence-corrected chi connectivity index (χ0v) is 13.4. The summed E-state index contributed by atoms with van der Waals surface area (Å²) in [6.45, 7) is 3.76. The molecule has 0 bridgehead atoms. The van der Waals surface area contributed by atoms with Crippen molar-refractivity contribution in [2.24, 2.45) is 0 Å². The van der Waals surface area contributed by atoms with Gasteiger partial charge >= 0.3 is 0 Å². The third-order valence-corrected chi connectivity index (χ3v) is 3.93. The molecule has 0 saturated heterocycles. The summed E-state index contributed by atoms with van der Waals surface area (Å²) in [7, 11) is 0. The van der Waals surface area contributed by atoms with E-state index in [1.807, 2.05) is 43.6 Å². The van der Waals surface area contributed by atoms with Crippen molar-refractivity contribution in [2.45, 2.75) is 26.7 Å². The number of aromatic nitrogens is 2. The van der Waals surface area contributed by atoms with Gasteiger partial charge in [-0.25, -0.2) is 14.4 Å². The maximum absolute atomic E-state index is 13.7. The van der Waals surface area contributed by atoms with Gasteiger partial charge in [-0.2, -0.15) is 0 Å². The molecule has 3 heteroatoms. The topological polar surface area (TPSA) is 25.8 Å². The minimum absolute atomic E-state index is 0.164. The average molecular weight is 306 g/mol. The molecule has 116 valence electrons. The summed E-state index contributed by atoms with van der Waals surface area (Å²) >= 11 is 0. The summed E-state index contributed by atoms with van der Waals surface area (Å²) in [5, 5.41) is 0. The predicted molar refractivity (Wildman–Crippen MR) is 90.8 cm³/mol. The van der Waals surface area contributed by atoms with Crippen LogP contribution in [0, 0.1) is 19.7 Å². The van der Waals surface area contributed by atoms with Crippen LogP contribution in [0.5, 0.6) is 0 Å². The van der Waals surface area contributed by atoms with Gasteiger partial charge in [-0.1, -0.05) is 36.4 Å². The highest BCUT2D eigenvalue weighted by Gasteiger charge is 2.03. The predicted octanol–water partition coefficient (Wildman–Crippen LogP) is 4.68. The van der Waals surface area contributed by atoms with E-state index in [0.717, 1.165) is 35.4 Å². The summed E-state index contributed by atoms with van der Waals surface area (Å²) < 4.78 is 13.7. The Balaban J connectivity index is 1.69. The molecule has 0 unspecified atom stereocenters. The van der Waals surface area contributed by atoms with Crippen molar-refractivity contribution in [1.82, 2.24) is 9.97 Å². The van der Waals surface area contributed by atoms with E-state index in [9.17, 15) is 4.39 Å². The Morgan fingerprint density at radius 3 is 2.13 bits per heavy atom. The molecule has 1 aromatic heterocycles. The zero-order chi connectivity index (χ0) is 16.2. The first kappa shape index (κ1) is 15.3. The normalized spacial score (nSPS) is 10.7. The number of rotatable bonds is 4. The molecule has 0 amide bonds. The van der Waals surface area contributed by atoms with E-state index in [2.05, 4.69) is 22.1 Å². The van der Waals surface area contributed by atoms with Crippen LogP contribution in [0.15, 0.2) is 54.9 Å². The summed E-state index contributed by atoms with van der Waals surface area (Å²) in [5.41, 5.74) is 4.90. The first-order valence-corrected chi connectivity index (χ1v) is 7.75. The molecule has 2 aromatic carbocycles. The van der Waals surface area contributed by atoms with Crippen LogP contribution in [0.4, 0.5) is 4.39 Å². The number of aryl methyl sites for hydroxylation is 4. The summed E-state index contributed by atoms with van der Waals surface area (Å²) in [4.78, 5) is 8.65. The number of nitrogens with zero attached hydrogens (tertiary/aromatic N) is 2. The molecule has 0 radical (unpaired) electrons. The molecular weight excluding hydrogens is 287 g/mol. The Hall–Kier alpha value is -2.55. The van der Waals surface area contributed by atoms with Crippen LogP contribution in [0.25, 0.3) is 11.1 Å². The summed E-state index contributed by atoms with van der Waals surface area (Å²) in [5.74, 6) is 0.698. The van der Waals surface area contributed by atoms with Gasteiger partial charge in [0.2, 0.25) is 0 Å². The van der Waals surface area contributed by atoms with Crippen molar-refractivity contribution in [3.63, 3.8) is 0 Å². The molecule has 0 fully saturated rings. The molecule has 23 heavy (non-hydrogen) atoms. The Morgan fingerprint density at radius 2 is 1.48 bits per heavy atom. The second-order valence-corrected chi connectivity index (χ2v) is 5.84. The highest BCUT2D eigenvalue weighted by molar-refractivity contribution is 5.64. The summed E-state index contributed by atoms with van der Waals surface area (Å²) in [6.07, 6.45) is 5.40. The fraction of sp³-hybridized carbons (Fsp3) is 0.200. The fourth-order valence-electron chi connectivity index (χ4n) is 2.44. The van der Waals surface area contributed by atoms with Crippen molar-refractivity contribution in [2.75, 3.05) is 0 Å². The number of hydrogen-bond acceptors (Lipinski definition) is 2. The molecule has 2 nitrogen and oxygen atoms in total. The third kappa shape index (κ3) is 3.81. The number of benzene rings is 2. The lowest BCUT2D eigenvalue weighted by atomic mass is 10.0. The van der Waals surface area contributed by atoms with Crippen molar-refractivity contribution in [3.05, 3.63) is 83.2 Å². The van der Waals surface area contributed by atoms with Gasteiger partial charge in [0.1, 0.15) is 11.6 Å². The van der Waals surface area contributed by atoms with Gasteiger partial charge in [-0.3, -0.25) is 0 Å². The van der Waals surface area contributed by atoms with E-state index >= 15 is 0 Å². The zero-order valence-electron chi connectivity index (χ0n) is 13.4. The first-order valence-electron chi connectivity index (χ1n) is 7.75. The Bertz CT molecular complexity index is 793. The molecule has 0 saturated carbocycles. The van der Waals surface area contributed by atoms with E-state index < -0.39 is 0 Å². The second-order valence-electron chi connectivity index (χ2n) is 5.84. The van der Waals surface area contributed by atoms with Crippen LogP contribution < -0.4 is 0 Å². The molecule has 1 heterocycles. The van der Waals surface area contributed by atoms with Gasteiger partial charge in [0.05, 0.1) is 0 Å². The molecule has 3 rings (SSSR count). The van der Waals surface area contributed by atoms with Crippen LogP contribution in [-0.2, 0) is 12.8 Å². The third-order valence-electron chi connectivity index (χ3n) is 3.93. The number of halogens is 1. The van der Waals surface area contributed by atoms with Crippen LogP contribution in [0.2, 0.25) is 0 Å². The van der Waals surface area contributed by atoms with Gasteiger partial charge in [-0.15, -0.1) is 0 Å². The van der Waals surface area contributed by atoms with Gasteiger partial charge in [-0.05, 0) is 54.2 Å². The van der Waals surface area contributed by atoms with E-state index in [1.165, 1.54) is 5.56 Å². The second kappa shape index (κ2) is 6.69. The maximum atomic E-state index is 13.7. The summed E-state index contributed by atoms with van der Waals surface area (Å²) in [6, 6.07) is 13.6. The minimum atomic E-state index is -0.164. The highest BCUT2D eigenvalue weighted by atomic mass is 19.1. The largest absolute Gasteiger partial charge is 0.241 e. The van der Waals surface area contributed by atoms with Gasteiger partial charge in [0.15, 0.2) is 0 Å². The van der Waals surface area contributed by atoms with Crippen molar-refractivity contribution in [1.29, 1.82) is 0 Å². The molecule has 0 atom stereocenters. The minimum Gasteiger partial charge on any atom is -0.241 e. The Kier molecular flexibility index (Phi) is 4.47. The Labute approximate surface area is 136 Å². The smallest absolute Gasteiger partial charge is 0.128 e. The average Bonchev–Trinajstić information content (AvgIpc) is 2.57. The molecular formula is C20H19FN2. The van der Waals surface area contributed by atoms with Crippen LogP contribution >= 0.6 is 0 Å².